The average molecular weight is 265 g/mol. The van der Waals surface area contributed by atoms with Crippen molar-refractivity contribution in [1.82, 2.24) is 15.6 Å². The Balaban J connectivity index is 2.01. The van der Waals surface area contributed by atoms with Crippen molar-refractivity contribution in [3.05, 3.63) is 28.0 Å². The number of aromatic amines is 1. The number of aromatic nitrogens is 1. The predicted molar refractivity (Wildman–Crippen MR) is 71.2 cm³/mol. The second-order valence-electron chi connectivity index (χ2n) is 4.99. The van der Waals surface area contributed by atoms with Gasteiger partial charge in [-0.3, -0.25) is 14.6 Å². The van der Waals surface area contributed by atoms with E-state index in [4.69, 9.17) is 0 Å². The molecule has 6 heteroatoms. The van der Waals surface area contributed by atoms with Gasteiger partial charge in [-0.25, -0.2) is 0 Å². The van der Waals surface area contributed by atoms with Crippen molar-refractivity contribution in [2.75, 3.05) is 13.1 Å². The number of hydrogen-bond acceptors (Lipinski definition) is 4. The van der Waals surface area contributed by atoms with Gasteiger partial charge in [-0.1, -0.05) is 0 Å². The van der Waals surface area contributed by atoms with Crippen LogP contribution in [-0.4, -0.2) is 35.1 Å². The molecule has 0 saturated carbocycles. The Morgan fingerprint density at radius 1 is 1.53 bits per heavy atom. The third-order valence-corrected chi connectivity index (χ3v) is 3.49. The maximum absolute atomic E-state index is 12.0. The van der Waals surface area contributed by atoms with Crippen LogP contribution < -0.4 is 16.2 Å². The van der Waals surface area contributed by atoms with Gasteiger partial charge in [-0.15, -0.1) is 0 Å². The quantitative estimate of drug-likeness (QED) is 0.628. The molecule has 4 N–H and O–H groups in total. The molecule has 1 aromatic heterocycles. The highest BCUT2D eigenvalue weighted by Gasteiger charge is 2.21. The van der Waals surface area contributed by atoms with E-state index in [1.807, 2.05) is 6.92 Å². The van der Waals surface area contributed by atoms with Crippen LogP contribution in [-0.2, 0) is 0 Å². The molecule has 1 saturated heterocycles. The first-order chi connectivity index (χ1) is 9.06. The van der Waals surface area contributed by atoms with Gasteiger partial charge in [0.1, 0.15) is 0 Å². The van der Waals surface area contributed by atoms with Crippen LogP contribution in [0.25, 0.3) is 0 Å². The first kappa shape index (κ1) is 13.6. The molecule has 2 unspecified atom stereocenters. The molecule has 6 nitrogen and oxygen atoms in total. The third-order valence-electron chi connectivity index (χ3n) is 3.49. The topological polar surface area (TPSA) is 94.2 Å². The molecule has 1 aromatic rings. The number of amides is 1. The van der Waals surface area contributed by atoms with E-state index in [1.165, 1.54) is 12.1 Å². The third kappa shape index (κ3) is 3.57. The molecule has 1 aliphatic heterocycles. The van der Waals surface area contributed by atoms with Crippen LogP contribution in [0.4, 0.5) is 0 Å². The number of pyridine rings is 1. The summed E-state index contributed by atoms with van der Waals surface area (Å²) in [6, 6.07) is 2.46. The van der Waals surface area contributed by atoms with Crippen LogP contribution in [0.15, 0.2) is 16.9 Å². The Labute approximate surface area is 111 Å². The minimum Gasteiger partial charge on any atom is -0.494 e. The number of nitrogens with one attached hydrogen (secondary N) is 3. The van der Waals surface area contributed by atoms with Crippen molar-refractivity contribution >= 4 is 5.91 Å². The van der Waals surface area contributed by atoms with Crippen LogP contribution in [0.5, 0.6) is 5.88 Å². The fraction of sp³-hybridized carbons (Fsp3) is 0.538. The number of carbonyl (C=O) groups excluding carboxylic acids is 1. The summed E-state index contributed by atoms with van der Waals surface area (Å²) in [4.78, 5) is 25.4. The molecule has 104 valence electrons. The van der Waals surface area contributed by atoms with Crippen LogP contribution in [0.2, 0.25) is 0 Å². The van der Waals surface area contributed by atoms with Crippen LogP contribution in [0.1, 0.15) is 30.1 Å². The fourth-order valence-electron chi connectivity index (χ4n) is 2.37. The monoisotopic (exact) mass is 265 g/mol. The van der Waals surface area contributed by atoms with Crippen molar-refractivity contribution in [2.24, 2.45) is 5.92 Å². The maximum atomic E-state index is 12.0. The zero-order valence-electron chi connectivity index (χ0n) is 10.9. The molecule has 2 rings (SSSR count). The summed E-state index contributed by atoms with van der Waals surface area (Å²) in [6.45, 7) is 3.88. The summed E-state index contributed by atoms with van der Waals surface area (Å²) >= 11 is 0. The minimum absolute atomic E-state index is 0.0294. The summed E-state index contributed by atoms with van der Waals surface area (Å²) in [5.74, 6) is -0.239. The molecule has 0 aromatic carbocycles. The van der Waals surface area contributed by atoms with E-state index in [0.29, 0.717) is 5.92 Å². The van der Waals surface area contributed by atoms with Gasteiger partial charge in [-0.2, -0.15) is 0 Å². The lowest BCUT2D eigenvalue weighted by molar-refractivity contribution is 0.0921. The molecule has 2 atom stereocenters. The number of H-pyrrole nitrogens is 1. The predicted octanol–water partition coefficient (Wildman–Crippen LogP) is 0.198. The number of aromatic hydroxyl groups is 1. The van der Waals surface area contributed by atoms with E-state index in [9.17, 15) is 14.7 Å². The zero-order valence-corrected chi connectivity index (χ0v) is 10.9. The van der Waals surface area contributed by atoms with Gasteiger partial charge in [0.25, 0.3) is 11.5 Å². The first-order valence-corrected chi connectivity index (χ1v) is 6.51. The summed E-state index contributed by atoms with van der Waals surface area (Å²) < 4.78 is 0. The van der Waals surface area contributed by atoms with Gasteiger partial charge in [0.15, 0.2) is 5.88 Å². The second kappa shape index (κ2) is 5.88. The van der Waals surface area contributed by atoms with Crippen molar-refractivity contribution in [3.8, 4) is 5.88 Å². The standard InChI is InChI=1S/C13H19N3O3/c1-8(9-3-2-4-14-7-9)15-13(19)10-5-11(17)16-12(18)6-10/h5-6,8-9,14H,2-4,7H2,1H3,(H,15,19)(H2,16,17,18). The number of piperidine rings is 1. The normalized spacial score (nSPS) is 20.8. The van der Waals surface area contributed by atoms with Gasteiger partial charge < -0.3 is 15.7 Å². The number of rotatable bonds is 3. The summed E-state index contributed by atoms with van der Waals surface area (Å²) in [5, 5.41) is 15.5. The Morgan fingerprint density at radius 2 is 2.32 bits per heavy atom. The minimum atomic E-state index is -0.489. The van der Waals surface area contributed by atoms with E-state index >= 15 is 0 Å². The molecule has 1 fully saturated rings. The van der Waals surface area contributed by atoms with Gasteiger partial charge in [0, 0.05) is 18.2 Å². The summed E-state index contributed by atoms with van der Waals surface area (Å²) in [5.41, 5.74) is -0.311. The molecule has 1 aliphatic rings. The SMILES string of the molecule is CC(NC(=O)c1cc(O)[nH]c(=O)c1)C1CCCNC1. The molecule has 0 spiro atoms. The molecule has 2 heterocycles. The second-order valence-corrected chi connectivity index (χ2v) is 4.99. The highest BCUT2D eigenvalue weighted by Crippen LogP contribution is 2.14. The molecular weight excluding hydrogens is 246 g/mol. The van der Waals surface area contributed by atoms with Gasteiger partial charge in [0.05, 0.1) is 5.56 Å². The van der Waals surface area contributed by atoms with Crippen molar-refractivity contribution in [2.45, 2.75) is 25.8 Å². The molecule has 0 bridgehead atoms. The van der Waals surface area contributed by atoms with Crippen LogP contribution >= 0.6 is 0 Å². The number of hydrogen-bond donors (Lipinski definition) is 4. The zero-order chi connectivity index (χ0) is 13.8. The molecule has 1 amide bonds. The summed E-state index contributed by atoms with van der Waals surface area (Å²) in [6.07, 6.45) is 2.19. The Kier molecular flexibility index (Phi) is 4.21. The van der Waals surface area contributed by atoms with E-state index in [2.05, 4.69) is 15.6 Å². The molecular formula is C13H19N3O3. The van der Waals surface area contributed by atoms with Crippen LogP contribution in [0, 0.1) is 5.92 Å². The lowest BCUT2D eigenvalue weighted by atomic mass is 9.92. The lowest BCUT2D eigenvalue weighted by Crippen LogP contribution is -2.44. The van der Waals surface area contributed by atoms with Crippen molar-refractivity contribution in [3.63, 3.8) is 0 Å². The van der Waals surface area contributed by atoms with Crippen LogP contribution in [0.3, 0.4) is 0 Å². The molecule has 0 aliphatic carbocycles. The van der Waals surface area contributed by atoms with E-state index < -0.39 is 5.56 Å². The summed E-state index contributed by atoms with van der Waals surface area (Å²) in [7, 11) is 0. The first-order valence-electron chi connectivity index (χ1n) is 6.51. The van der Waals surface area contributed by atoms with E-state index in [-0.39, 0.29) is 23.4 Å². The molecule has 0 radical (unpaired) electrons. The van der Waals surface area contributed by atoms with Gasteiger partial charge in [0.2, 0.25) is 0 Å². The van der Waals surface area contributed by atoms with Gasteiger partial charge >= 0.3 is 0 Å². The van der Waals surface area contributed by atoms with Crippen molar-refractivity contribution in [1.29, 1.82) is 0 Å². The van der Waals surface area contributed by atoms with E-state index in [0.717, 1.165) is 25.9 Å². The smallest absolute Gasteiger partial charge is 0.251 e. The Morgan fingerprint density at radius 3 is 2.95 bits per heavy atom. The highest BCUT2D eigenvalue weighted by molar-refractivity contribution is 5.94. The Hall–Kier alpha value is -1.82. The van der Waals surface area contributed by atoms with Crippen molar-refractivity contribution < 1.29 is 9.90 Å². The maximum Gasteiger partial charge on any atom is 0.251 e. The Bertz CT molecular complexity index is 506. The largest absolute Gasteiger partial charge is 0.494 e. The lowest BCUT2D eigenvalue weighted by Gasteiger charge is -2.28. The number of carbonyl (C=O) groups is 1. The average Bonchev–Trinajstić information content (AvgIpc) is 2.38. The van der Waals surface area contributed by atoms with E-state index in [1.54, 1.807) is 0 Å². The van der Waals surface area contributed by atoms with Gasteiger partial charge in [-0.05, 0) is 38.8 Å². The highest BCUT2D eigenvalue weighted by atomic mass is 16.3. The molecule has 19 heavy (non-hydrogen) atoms. The fourth-order valence-corrected chi connectivity index (χ4v) is 2.37.